The van der Waals surface area contributed by atoms with Crippen molar-refractivity contribution in [3.05, 3.63) is 35.9 Å². The Balaban J connectivity index is 1.70. The molecule has 0 bridgehead atoms. The first-order chi connectivity index (χ1) is 8.67. The maximum atomic E-state index is 11.4. The number of hydrogen-bond acceptors (Lipinski definition) is 3. The van der Waals surface area contributed by atoms with Gasteiger partial charge in [-0.15, -0.1) is 0 Å². The van der Waals surface area contributed by atoms with Gasteiger partial charge in [-0.3, -0.25) is 9.69 Å². The summed E-state index contributed by atoms with van der Waals surface area (Å²) in [7, 11) is 0. The molecule has 3 heteroatoms. The number of Topliss-reactive ketones (excluding diaryl/α,β-unsaturated/α-hetero) is 1. The summed E-state index contributed by atoms with van der Waals surface area (Å²) in [5, 5.41) is 0. The van der Waals surface area contributed by atoms with Gasteiger partial charge in [-0.2, -0.15) is 0 Å². The molecule has 18 heavy (non-hydrogen) atoms. The Labute approximate surface area is 108 Å². The molecule has 1 spiro atoms. The number of ether oxygens (including phenoxy) is 1. The number of nitrogens with zero attached hydrogens (tertiary/aromatic N) is 1. The quantitative estimate of drug-likeness (QED) is 0.798. The van der Waals surface area contributed by atoms with E-state index in [-0.39, 0.29) is 11.4 Å². The molecule has 0 amide bonds. The first-order valence-corrected chi connectivity index (χ1v) is 6.61. The Morgan fingerprint density at radius 2 is 2.17 bits per heavy atom. The SMILES string of the molecule is CC1CC2(CC(=O)CO2)CN1Cc1ccccc1. The highest BCUT2D eigenvalue weighted by molar-refractivity contribution is 5.82. The van der Waals surface area contributed by atoms with Crippen LogP contribution in [0, 0.1) is 0 Å². The third-order valence-electron chi connectivity index (χ3n) is 4.07. The van der Waals surface area contributed by atoms with Gasteiger partial charge in [-0.25, -0.2) is 0 Å². The van der Waals surface area contributed by atoms with Crippen LogP contribution in [0.2, 0.25) is 0 Å². The van der Waals surface area contributed by atoms with Crippen molar-refractivity contribution in [3.63, 3.8) is 0 Å². The molecule has 0 aromatic heterocycles. The zero-order chi connectivity index (χ0) is 12.6. The van der Waals surface area contributed by atoms with Crippen LogP contribution in [0.4, 0.5) is 0 Å². The highest BCUT2D eigenvalue weighted by atomic mass is 16.5. The topological polar surface area (TPSA) is 29.5 Å². The van der Waals surface area contributed by atoms with E-state index in [1.807, 2.05) is 6.07 Å². The van der Waals surface area contributed by atoms with Crippen molar-refractivity contribution in [2.45, 2.75) is 38.0 Å². The number of ketones is 1. The third kappa shape index (κ3) is 2.20. The van der Waals surface area contributed by atoms with E-state index in [1.165, 1.54) is 5.56 Å². The number of likely N-dealkylation sites (tertiary alicyclic amines) is 1. The Bertz CT molecular complexity index is 445. The van der Waals surface area contributed by atoms with Crippen LogP contribution in [0.15, 0.2) is 30.3 Å². The molecule has 2 saturated heterocycles. The fraction of sp³-hybridized carbons (Fsp3) is 0.533. The van der Waals surface area contributed by atoms with Crippen LogP contribution < -0.4 is 0 Å². The van der Waals surface area contributed by atoms with Gasteiger partial charge in [0.05, 0.1) is 5.60 Å². The number of carbonyl (C=O) groups excluding carboxylic acids is 1. The predicted molar refractivity (Wildman–Crippen MR) is 69.2 cm³/mol. The molecule has 3 nitrogen and oxygen atoms in total. The minimum Gasteiger partial charge on any atom is -0.365 e. The smallest absolute Gasteiger partial charge is 0.161 e. The molecule has 2 aliphatic rings. The molecule has 0 aliphatic carbocycles. The maximum Gasteiger partial charge on any atom is 0.161 e. The Kier molecular flexibility index (Phi) is 2.96. The molecule has 1 aromatic rings. The van der Waals surface area contributed by atoms with Gasteiger partial charge in [0.2, 0.25) is 0 Å². The van der Waals surface area contributed by atoms with Crippen LogP contribution in [0.5, 0.6) is 0 Å². The molecule has 96 valence electrons. The van der Waals surface area contributed by atoms with Gasteiger partial charge in [0.1, 0.15) is 6.61 Å². The van der Waals surface area contributed by atoms with E-state index in [2.05, 4.69) is 36.1 Å². The molecule has 0 saturated carbocycles. The minimum absolute atomic E-state index is 0.189. The van der Waals surface area contributed by atoms with Crippen molar-refractivity contribution >= 4 is 5.78 Å². The third-order valence-corrected chi connectivity index (χ3v) is 4.07. The Morgan fingerprint density at radius 1 is 1.39 bits per heavy atom. The molecule has 0 radical (unpaired) electrons. The van der Waals surface area contributed by atoms with Crippen molar-refractivity contribution in [1.29, 1.82) is 0 Å². The van der Waals surface area contributed by atoms with Crippen LogP contribution in [0.1, 0.15) is 25.3 Å². The molecule has 0 N–H and O–H groups in total. The lowest BCUT2D eigenvalue weighted by Gasteiger charge is -2.23. The standard InChI is InChI=1S/C15H19NO2/c1-12-7-15(8-14(17)10-18-15)11-16(12)9-13-5-3-2-4-6-13/h2-6,12H,7-11H2,1H3. The predicted octanol–water partition coefficient (Wildman–Crippen LogP) is 2.01. The molecule has 2 atom stereocenters. The van der Waals surface area contributed by atoms with Gasteiger partial charge >= 0.3 is 0 Å². The fourth-order valence-corrected chi connectivity index (χ4v) is 3.22. The second-order valence-corrected chi connectivity index (χ2v) is 5.63. The number of hydrogen-bond donors (Lipinski definition) is 0. The molecule has 3 rings (SSSR count). The van der Waals surface area contributed by atoms with Crippen LogP contribution in [0.3, 0.4) is 0 Å². The average Bonchev–Trinajstić information content (AvgIpc) is 2.85. The maximum absolute atomic E-state index is 11.4. The summed E-state index contributed by atoms with van der Waals surface area (Å²) in [6.45, 7) is 4.37. The van der Waals surface area contributed by atoms with Crippen molar-refractivity contribution < 1.29 is 9.53 Å². The van der Waals surface area contributed by atoms with E-state index in [1.54, 1.807) is 0 Å². The lowest BCUT2D eigenvalue weighted by atomic mass is 9.97. The van der Waals surface area contributed by atoms with Crippen molar-refractivity contribution in [1.82, 2.24) is 4.90 Å². The summed E-state index contributed by atoms with van der Waals surface area (Å²) in [5.74, 6) is 0.253. The van der Waals surface area contributed by atoms with Gasteiger partial charge in [0.15, 0.2) is 5.78 Å². The van der Waals surface area contributed by atoms with E-state index in [0.29, 0.717) is 19.1 Å². The van der Waals surface area contributed by atoms with E-state index in [0.717, 1.165) is 19.5 Å². The first kappa shape index (κ1) is 11.9. The number of rotatable bonds is 2. The Morgan fingerprint density at radius 3 is 2.83 bits per heavy atom. The van der Waals surface area contributed by atoms with Crippen LogP contribution >= 0.6 is 0 Å². The summed E-state index contributed by atoms with van der Waals surface area (Å²) in [4.78, 5) is 13.9. The summed E-state index contributed by atoms with van der Waals surface area (Å²) < 4.78 is 5.76. The van der Waals surface area contributed by atoms with Crippen molar-refractivity contribution in [2.24, 2.45) is 0 Å². The van der Waals surface area contributed by atoms with Crippen LogP contribution in [-0.2, 0) is 16.1 Å². The number of benzene rings is 1. The van der Waals surface area contributed by atoms with E-state index < -0.39 is 0 Å². The molecule has 2 heterocycles. The zero-order valence-electron chi connectivity index (χ0n) is 10.8. The summed E-state index contributed by atoms with van der Waals surface area (Å²) in [5.41, 5.74) is 1.14. The monoisotopic (exact) mass is 245 g/mol. The van der Waals surface area contributed by atoms with Gasteiger partial charge in [0, 0.05) is 25.6 Å². The molecule has 1 aromatic carbocycles. The summed E-state index contributed by atoms with van der Waals surface area (Å²) in [6, 6.07) is 11.0. The lowest BCUT2D eigenvalue weighted by molar-refractivity contribution is -0.117. The highest BCUT2D eigenvalue weighted by Gasteiger charge is 2.47. The van der Waals surface area contributed by atoms with Gasteiger partial charge in [0.25, 0.3) is 0 Å². The largest absolute Gasteiger partial charge is 0.365 e. The van der Waals surface area contributed by atoms with Crippen LogP contribution in [0.25, 0.3) is 0 Å². The van der Waals surface area contributed by atoms with E-state index >= 15 is 0 Å². The summed E-state index contributed by atoms with van der Waals surface area (Å²) in [6.07, 6.45) is 1.58. The van der Waals surface area contributed by atoms with E-state index in [4.69, 9.17) is 4.74 Å². The van der Waals surface area contributed by atoms with Gasteiger partial charge in [-0.05, 0) is 18.9 Å². The highest BCUT2D eigenvalue weighted by Crippen LogP contribution is 2.37. The van der Waals surface area contributed by atoms with Crippen molar-refractivity contribution in [3.8, 4) is 0 Å². The second-order valence-electron chi connectivity index (χ2n) is 5.63. The molecule has 2 unspecified atom stereocenters. The second kappa shape index (κ2) is 4.48. The molecule has 2 fully saturated rings. The van der Waals surface area contributed by atoms with Crippen LogP contribution in [-0.4, -0.2) is 35.5 Å². The average molecular weight is 245 g/mol. The van der Waals surface area contributed by atoms with E-state index in [9.17, 15) is 4.79 Å². The zero-order valence-corrected chi connectivity index (χ0v) is 10.8. The molecular formula is C15H19NO2. The fourth-order valence-electron chi connectivity index (χ4n) is 3.22. The summed E-state index contributed by atoms with van der Waals surface area (Å²) >= 11 is 0. The van der Waals surface area contributed by atoms with Gasteiger partial charge in [-0.1, -0.05) is 30.3 Å². The van der Waals surface area contributed by atoms with Crippen molar-refractivity contribution in [2.75, 3.05) is 13.2 Å². The number of carbonyl (C=O) groups is 1. The molecular weight excluding hydrogens is 226 g/mol. The Hall–Kier alpha value is -1.19. The van der Waals surface area contributed by atoms with Gasteiger partial charge < -0.3 is 4.74 Å². The lowest BCUT2D eigenvalue weighted by Crippen LogP contribution is -2.33. The normalized spacial score (nSPS) is 32.5. The first-order valence-electron chi connectivity index (χ1n) is 6.61. The minimum atomic E-state index is -0.189. The molecule has 2 aliphatic heterocycles.